The lowest BCUT2D eigenvalue weighted by Crippen LogP contribution is -2.25. The molecule has 1 aliphatic heterocycles. The lowest BCUT2D eigenvalue weighted by Gasteiger charge is -2.25. The van der Waals surface area contributed by atoms with Crippen LogP contribution in [0, 0.1) is 11.2 Å². The summed E-state index contributed by atoms with van der Waals surface area (Å²) in [5.74, 6) is -0.235. The van der Waals surface area contributed by atoms with Crippen LogP contribution in [0.5, 0.6) is 0 Å². The molecule has 0 bridgehead atoms. The summed E-state index contributed by atoms with van der Waals surface area (Å²) in [5, 5.41) is 9.73. The molecule has 0 spiro atoms. The molecule has 1 aromatic carbocycles. The molecule has 17 heavy (non-hydrogen) atoms. The zero-order valence-corrected chi connectivity index (χ0v) is 10.7. The molecule has 1 aromatic rings. The summed E-state index contributed by atoms with van der Waals surface area (Å²) in [6, 6.07) is 4.92. The molecule has 0 saturated carbocycles. The SMILES string of the molecule is C[C@H](O)c1cccc(F)c1N1CCC(C)(C)C1. The predicted octanol–water partition coefficient (Wildman–Crippen LogP) is 3.12. The summed E-state index contributed by atoms with van der Waals surface area (Å²) in [6.07, 6.45) is 0.421. The number of hydrogen-bond acceptors (Lipinski definition) is 2. The van der Waals surface area contributed by atoms with Gasteiger partial charge >= 0.3 is 0 Å². The number of benzene rings is 1. The molecule has 2 nitrogen and oxygen atoms in total. The van der Waals surface area contributed by atoms with Gasteiger partial charge in [0.15, 0.2) is 0 Å². The van der Waals surface area contributed by atoms with E-state index in [-0.39, 0.29) is 11.2 Å². The highest BCUT2D eigenvalue weighted by Crippen LogP contribution is 2.37. The Bertz CT molecular complexity index is 415. The van der Waals surface area contributed by atoms with Gasteiger partial charge in [-0.1, -0.05) is 26.0 Å². The van der Waals surface area contributed by atoms with Gasteiger partial charge in [0, 0.05) is 18.7 Å². The fraction of sp³-hybridized carbons (Fsp3) is 0.571. The van der Waals surface area contributed by atoms with Gasteiger partial charge in [-0.25, -0.2) is 4.39 Å². The van der Waals surface area contributed by atoms with Crippen molar-refractivity contribution in [1.82, 2.24) is 0 Å². The maximum absolute atomic E-state index is 14.0. The average molecular weight is 237 g/mol. The van der Waals surface area contributed by atoms with E-state index in [1.165, 1.54) is 6.07 Å². The zero-order valence-electron chi connectivity index (χ0n) is 10.7. The lowest BCUT2D eigenvalue weighted by atomic mass is 9.93. The number of para-hydroxylation sites is 1. The maximum atomic E-state index is 14.0. The molecule has 0 radical (unpaired) electrons. The Morgan fingerprint density at radius 1 is 1.41 bits per heavy atom. The van der Waals surface area contributed by atoms with Crippen LogP contribution in [0.25, 0.3) is 0 Å². The van der Waals surface area contributed by atoms with Crippen molar-refractivity contribution in [2.24, 2.45) is 5.41 Å². The van der Waals surface area contributed by atoms with E-state index in [4.69, 9.17) is 0 Å². The van der Waals surface area contributed by atoms with Crippen molar-refractivity contribution in [2.45, 2.75) is 33.3 Å². The largest absolute Gasteiger partial charge is 0.389 e. The Balaban J connectivity index is 2.38. The first-order chi connectivity index (χ1) is 7.91. The summed E-state index contributed by atoms with van der Waals surface area (Å²) < 4.78 is 14.0. The van der Waals surface area contributed by atoms with E-state index >= 15 is 0 Å². The third kappa shape index (κ3) is 2.44. The minimum Gasteiger partial charge on any atom is -0.389 e. The first kappa shape index (κ1) is 12.4. The van der Waals surface area contributed by atoms with Crippen LogP contribution in [0.15, 0.2) is 18.2 Å². The van der Waals surface area contributed by atoms with Crippen molar-refractivity contribution < 1.29 is 9.50 Å². The summed E-state index contributed by atoms with van der Waals surface area (Å²) >= 11 is 0. The van der Waals surface area contributed by atoms with E-state index in [1.54, 1.807) is 19.1 Å². The molecule has 0 amide bonds. The number of hydrogen-bond donors (Lipinski definition) is 1. The average Bonchev–Trinajstić information content (AvgIpc) is 2.58. The minimum absolute atomic E-state index is 0.220. The van der Waals surface area contributed by atoms with Gasteiger partial charge in [-0.05, 0) is 24.8 Å². The Labute approximate surface area is 102 Å². The Hall–Kier alpha value is -1.09. The van der Waals surface area contributed by atoms with Crippen LogP contribution < -0.4 is 4.90 Å². The number of halogens is 1. The normalized spacial score (nSPS) is 20.6. The van der Waals surface area contributed by atoms with Crippen molar-refractivity contribution >= 4 is 5.69 Å². The van der Waals surface area contributed by atoms with E-state index in [9.17, 15) is 9.50 Å². The fourth-order valence-electron chi connectivity index (χ4n) is 2.51. The molecule has 1 saturated heterocycles. The van der Waals surface area contributed by atoms with Crippen LogP contribution in [0.3, 0.4) is 0 Å². The van der Waals surface area contributed by atoms with Gasteiger partial charge in [-0.2, -0.15) is 0 Å². The van der Waals surface area contributed by atoms with Crippen LogP contribution >= 0.6 is 0 Å². The number of aliphatic hydroxyl groups is 1. The minimum atomic E-state index is -0.635. The highest BCUT2D eigenvalue weighted by Gasteiger charge is 2.32. The van der Waals surface area contributed by atoms with Crippen LogP contribution in [-0.2, 0) is 0 Å². The molecule has 0 aromatic heterocycles. The molecule has 1 atom stereocenters. The Morgan fingerprint density at radius 2 is 2.12 bits per heavy atom. The molecule has 0 unspecified atom stereocenters. The first-order valence-electron chi connectivity index (χ1n) is 6.12. The number of aliphatic hydroxyl groups excluding tert-OH is 1. The number of anilines is 1. The summed E-state index contributed by atoms with van der Waals surface area (Å²) in [5.41, 5.74) is 1.48. The van der Waals surface area contributed by atoms with Gasteiger partial charge in [0.1, 0.15) is 5.82 Å². The molecule has 1 aliphatic rings. The van der Waals surface area contributed by atoms with Gasteiger partial charge in [-0.3, -0.25) is 0 Å². The van der Waals surface area contributed by atoms with Gasteiger partial charge in [0.05, 0.1) is 11.8 Å². The van der Waals surface area contributed by atoms with E-state index < -0.39 is 6.10 Å². The smallest absolute Gasteiger partial charge is 0.146 e. The second kappa shape index (κ2) is 4.30. The van der Waals surface area contributed by atoms with E-state index in [0.717, 1.165) is 19.5 Å². The van der Waals surface area contributed by atoms with Gasteiger partial charge < -0.3 is 10.0 Å². The van der Waals surface area contributed by atoms with E-state index in [1.807, 2.05) is 0 Å². The highest BCUT2D eigenvalue weighted by molar-refractivity contribution is 5.56. The lowest BCUT2D eigenvalue weighted by molar-refractivity contribution is 0.199. The van der Waals surface area contributed by atoms with Crippen molar-refractivity contribution in [3.63, 3.8) is 0 Å². The third-order valence-electron chi connectivity index (χ3n) is 3.46. The molecule has 1 fully saturated rings. The molecular formula is C14H20FNO. The van der Waals surface area contributed by atoms with Gasteiger partial charge in [-0.15, -0.1) is 0 Å². The predicted molar refractivity (Wildman–Crippen MR) is 67.6 cm³/mol. The van der Waals surface area contributed by atoms with Crippen LogP contribution in [0.4, 0.5) is 10.1 Å². The summed E-state index contributed by atoms with van der Waals surface area (Å²) in [4.78, 5) is 2.05. The van der Waals surface area contributed by atoms with Crippen molar-refractivity contribution in [3.05, 3.63) is 29.6 Å². The molecule has 0 aliphatic carbocycles. The molecule has 3 heteroatoms. The highest BCUT2D eigenvalue weighted by atomic mass is 19.1. The topological polar surface area (TPSA) is 23.5 Å². The molecule has 94 valence electrons. The van der Waals surface area contributed by atoms with Crippen LogP contribution in [0.2, 0.25) is 0 Å². The quantitative estimate of drug-likeness (QED) is 0.854. The maximum Gasteiger partial charge on any atom is 0.146 e. The third-order valence-corrected chi connectivity index (χ3v) is 3.46. The van der Waals surface area contributed by atoms with Gasteiger partial charge in [0.2, 0.25) is 0 Å². The first-order valence-corrected chi connectivity index (χ1v) is 6.12. The van der Waals surface area contributed by atoms with Crippen LogP contribution in [0.1, 0.15) is 38.9 Å². The molecule has 1 N–H and O–H groups in total. The molecule has 1 heterocycles. The monoisotopic (exact) mass is 237 g/mol. The van der Waals surface area contributed by atoms with Gasteiger partial charge in [0.25, 0.3) is 0 Å². The van der Waals surface area contributed by atoms with Crippen LogP contribution in [-0.4, -0.2) is 18.2 Å². The molecule has 2 rings (SSSR count). The summed E-state index contributed by atoms with van der Waals surface area (Å²) in [7, 11) is 0. The fourth-order valence-corrected chi connectivity index (χ4v) is 2.51. The van der Waals surface area contributed by atoms with E-state index in [0.29, 0.717) is 11.3 Å². The van der Waals surface area contributed by atoms with Crippen molar-refractivity contribution in [3.8, 4) is 0 Å². The Morgan fingerprint density at radius 3 is 2.65 bits per heavy atom. The van der Waals surface area contributed by atoms with Crippen molar-refractivity contribution in [2.75, 3.05) is 18.0 Å². The number of rotatable bonds is 2. The zero-order chi connectivity index (χ0) is 12.6. The standard InChI is InChI=1S/C14H20FNO/c1-10(17)11-5-4-6-12(15)13(11)16-8-7-14(2,3)9-16/h4-6,10,17H,7-9H2,1-3H3/t10-/m0/s1. The van der Waals surface area contributed by atoms with E-state index in [2.05, 4.69) is 18.7 Å². The van der Waals surface area contributed by atoms with Crippen molar-refractivity contribution in [1.29, 1.82) is 0 Å². The summed E-state index contributed by atoms with van der Waals surface area (Å²) in [6.45, 7) is 7.76. The Kier molecular flexibility index (Phi) is 3.13. The second-order valence-electron chi connectivity index (χ2n) is 5.69. The second-order valence-corrected chi connectivity index (χ2v) is 5.69. The number of nitrogens with zero attached hydrogens (tertiary/aromatic N) is 1. The molecular weight excluding hydrogens is 217 g/mol.